The van der Waals surface area contributed by atoms with Crippen molar-refractivity contribution in [3.8, 4) is 0 Å². The number of esters is 1. The molecule has 0 aromatic carbocycles. The molecule has 1 N–H and O–H groups in total. The number of carbonyl (C=O) groups excluding carboxylic acids is 1. The van der Waals surface area contributed by atoms with E-state index in [2.05, 4.69) is 19.9 Å². The molecule has 220 valence electrons. The maximum absolute atomic E-state index is 11.6. The fraction of sp³-hybridized carbons (Fsp3) is 0.912. The van der Waals surface area contributed by atoms with Gasteiger partial charge in [-0.2, -0.15) is 0 Å². The highest BCUT2D eigenvalue weighted by molar-refractivity contribution is 5.69. The van der Waals surface area contributed by atoms with Gasteiger partial charge in [0.1, 0.15) is 0 Å². The topological polar surface area (TPSA) is 46.5 Å². The Morgan fingerprint density at radius 2 is 1.05 bits per heavy atom. The summed E-state index contributed by atoms with van der Waals surface area (Å²) in [6, 6.07) is 0. The van der Waals surface area contributed by atoms with Crippen molar-refractivity contribution in [2.24, 2.45) is 0 Å². The molecule has 0 rings (SSSR count). The lowest BCUT2D eigenvalue weighted by Crippen LogP contribution is -2.07. The van der Waals surface area contributed by atoms with Crippen LogP contribution in [0.1, 0.15) is 188 Å². The molecule has 0 aromatic heterocycles. The lowest BCUT2D eigenvalue weighted by molar-refractivity contribution is -0.143. The summed E-state index contributed by atoms with van der Waals surface area (Å²) < 4.78 is 5.26. The van der Waals surface area contributed by atoms with E-state index in [0.29, 0.717) is 25.9 Å². The minimum Gasteiger partial charge on any atom is -0.465 e. The van der Waals surface area contributed by atoms with Crippen LogP contribution in [0.2, 0.25) is 0 Å². The second-order valence-corrected chi connectivity index (χ2v) is 11.6. The number of aliphatic hydroxyl groups excluding tert-OH is 1. The molecule has 0 saturated carbocycles. The van der Waals surface area contributed by atoms with Gasteiger partial charge in [0.25, 0.3) is 0 Å². The van der Waals surface area contributed by atoms with E-state index in [-0.39, 0.29) is 12.1 Å². The summed E-state index contributed by atoms with van der Waals surface area (Å²) in [5.41, 5.74) is 1.42. The lowest BCUT2D eigenvalue weighted by atomic mass is 10.0. The normalized spacial score (nSPS) is 12.7. The summed E-state index contributed by atoms with van der Waals surface area (Å²) in [4.78, 5) is 11.6. The predicted molar refractivity (Wildman–Crippen MR) is 162 cm³/mol. The number of rotatable bonds is 29. The van der Waals surface area contributed by atoms with Crippen molar-refractivity contribution in [2.75, 3.05) is 6.61 Å². The van der Waals surface area contributed by atoms with E-state index < -0.39 is 0 Å². The first-order valence-electron chi connectivity index (χ1n) is 16.6. The molecule has 0 aliphatic heterocycles. The highest BCUT2D eigenvalue weighted by atomic mass is 16.5. The SMILES string of the molecule is CCCCCCCCCCCCCCCCCCCCCCCC(C)=CCCOC(=O)CCCC(C)O. The maximum Gasteiger partial charge on any atom is 0.305 e. The molecule has 0 aliphatic rings. The monoisotopic (exact) mass is 523 g/mol. The first-order chi connectivity index (χ1) is 18.1. The first kappa shape index (κ1) is 36.2. The zero-order valence-corrected chi connectivity index (χ0v) is 25.5. The molecule has 1 unspecified atom stereocenters. The summed E-state index contributed by atoms with van der Waals surface area (Å²) in [6.07, 6.45) is 35.6. The van der Waals surface area contributed by atoms with Crippen LogP contribution in [-0.2, 0) is 9.53 Å². The van der Waals surface area contributed by atoms with Crippen molar-refractivity contribution >= 4 is 5.97 Å². The van der Waals surface area contributed by atoms with Crippen molar-refractivity contribution < 1.29 is 14.6 Å². The number of allylic oxidation sites excluding steroid dienone is 1. The molecule has 0 bridgehead atoms. The number of hydrogen-bond donors (Lipinski definition) is 1. The minimum absolute atomic E-state index is 0.143. The molecule has 37 heavy (non-hydrogen) atoms. The van der Waals surface area contributed by atoms with Gasteiger partial charge < -0.3 is 9.84 Å². The van der Waals surface area contributed by atoms with Crippen molar-refractivity contribution in [3.05, 3.63) is 11.6 Å². The zero-order chi connectivity index (χ0) is 27.2. The number of aliphatic hydroxyl groups is 1. The predicted octanol–water partition coefficient (Wildman–Crippen LogP) is 11.0. The molecule has 0 saturated heterocycles. The quantitative estimate of drug-likeness (QED) is 0.0603. The Morgan fingerprint density at radius 3 is 1.46 bits per heavy atom. The molecule has 1 atom stereocenters. The second-order valence-electron chi connectivity index (χ2n) is 11.6. The third kappa shape index (κ3) is 31.3. The molecule has 3 heteroatoms. The van der Waals surface area contributed by atoms with Gasteiger partial charge in [-0.1, -0.05) is 147 Å². The van der Waals surface area contributed by atoms with Gasteiger partial charge in [0.2, 0.25) is 0 Å². The Kier molecular flexibility index (Phi) is 29.1. The summed E-state index contributed by atoms with van der Waals surface area (Å²) >= 11 is 0. The molecule has 0 radical (unpaired) electrons. The van der Waals surface area contributed by atoms with Gasteiger partial charge in [0.15, 0.2) is 0 Å². The van der Waals surface area contributed by atoms with Gasteiger partial charge in [-0.25, -0.2) is 0 Å². The Balaban J connectivity index is 3.26. The van der Waals surface area contributed by atoms with Gasteiger partial charge >= 0.3 is 5.97 Å². The molecule has 0 aromatic rings. The summed E-state index contributed by atoms with van der Waals surface area (Å²) in [6.45, 7) is 6.72. The van der Waals surface area contributed by atoms with E-state index in [9.17, 15) is 9.90 Å². The molecule has 0 aliphatic carbocycles. The third-order valence-corrected chi connectivity index (χ3v) is 7.55. The number of ether oxygens (including phenoxy) is 1. The highest BCUT2D eigenvalue weighted by Gasteiger charge is 2.04. The standard InChI is InChI=1S/C34H66O3/c1-4-5-6-7-8-9-10-11-12-13-14-15-16-17-18-19-20-21-22-23-24-27-32(2)28-26-31-37-34(36)30-25-29-33(3)35/h28,33,35H,4-27,29-31H2,1-3H3. The fourth-order valence-corrected chi connectivity index (χ4v) is 5.03. The van der Waals surface area contributed by atoms with E-state index in [4.69, 9.17) is 4.74 Å². The molecule has 0 heterocycles. The van der Waals surface area contributed by atoms with Crippen LogP contribution in [0, 0.1) is 0 Å². The Bertz CT molecular complexity index is 497. The van der Waals surface area contributed by atoms with Gasteiger partial charge in [-0.3, -0.25) is 4.79 Å². The van der Waals surface area contributed by atoms with Crippen molar-refractivity contribution in [2.45, 2.75) is 194 Å². The van der Waals surface area contributed by atoms with E-state index >= 15 is 0 Å². The average molecular weight is 523 g/mol. The number of unbranched alkanes of at least 4 members (excludes halogenated alkanes) is 20. The number of hydrogen-bond acceptors (Lipinski definition) is 3. The second kappa shape index (κ2) is 29.7. The van der Waals surface area contributed by atoms with Crippen LogP contribution in [0.5, 0.6) is 0 Å². The van der Waals surface area contributed by atoms with Crippen LogP contribution in [0.15, 0.2) is 11.6 Å². The first-order valence-corrected chi connectivity index (χ1v) is 16.6. The van der Waals surface area contributed by atoms with E-state index in [1.807, 2.05) is 0 Å². The Labute approximate surface area is 232 Å². The molecular formula is C34H66O3. The largest absolute Gasteiger partial charge is 0.465 e. The van der Waals surface area contributed by atoms with Crippen LogP contribution in [0.25, 0.3) is 0 Å². The molecule has 0 fully saturated rings. The average Bonchev–Trinajstić information content (AvgIpc) is 2.87. The van der Waals surface area contributed by atoms with Crippen LogP contribution >= 0.6 is 0 Å². The third-order valence-electron chi connectivity index (χ3n) is 7.55. The van der Waals surface area contributed by atoms with Crippen LogP contribution in [-0.4, -0.2) is 23.8 Å². The van der Waals surface area contributed by atoms with Crippen LogP contribution in [0.3, 0.4) is 0 Å². The summed E-state index contributed by atoms with van der Waals surface area (Å²) in [7, 11) is 0. The van der Waals surface area contributed by atoms with Gasteiger partial charge in [-0.15, -0.1) is 0 Å². The van der Waals surface area contributed by atoms with E-state index in [1.165, 1.54) is 147 Å². The molecule has 0 spiro atoms. The van der Waals surface area contributed by atoms with Crippen molar-refractivity contribution in [1.82, 2.24) is 0 Å². The van der Waals surface area contributed by atoms with Crippen molar-refractivity contribution in [3.63, 3.8) is 0 Å². The Morgan fingerprint density at radius 1 is 0.649 bits per heavy atom. The smallest absolute Gasteiger partial charge is 0.305 e. The van der Waals surface area contributed by atoms with Crippen LogP contribution in [0.4, 0.5) is 0 Å². The molecule has 0 amide bonds. The van der Waals surface area contributed by atoms with E-state index in [1.54, 1.807) is 6.92 Å². The summed E-state index contributed by atoms with van der Waals surface area (Å²) in [5, 5.41) is 9.21. The van der Waals surface area contributed by atoms with Crippen molar-refractivity contribution in [1.29, 1.82) is 0 Å². The Hall–Kier alpha value is -0.830. The van der Waals surface area contributed by atoms with Crippen LogP contribution < -0.4 is 0 Å². The van der Waals surface area contributed by atoms with Gasteiger partial charge in [0.05, 0.1) is 12.7 Å². The fourth-order valence-electron chi connectivity index (χ4n) is 5.03. The molecule has 3 nitrogen and oxygen atoms in total. The zero-order valence-electron chi connectivity index (χ0n) is 25.5. The van der Waals surface area contributed by atoms with E-state index in [0.717, 1.165) is 6.42 Å². The highest BCUT2D eigenvalue weighted by Crippen LogP contribution is 2.16. The lowest BCUT2D eigenvalue weighted by Gasteiger charge is -2.06. The summed E-state index contributed by atoms with van der Waals surface area (Å²) in [5.74, 6) is -0.143. The van der Waals surface area contributed by atoms with Gasteiger partial charge in [-0.05, 0) is 46.0 Å². The molecular weight excluding hydrogens is 456 g/mol. The maximum atomic E-state index is 11.6. The number of carbonyl (C=O) groups is 1. The van der Waals surface area contributed by atoms with Gasteiger partial charge in [0, 0.05) is 6.42 Å². The minimum atomic E-state index is -0.336.